The minimum absolute atomic E-state index is 0.128. The van der Waals surface area contributed by atoms with Crippen molar-refractivity contribution in [1.29, 1.82) is 0 Å². The number of nitrogens with zero attached hydrogens (tertiary/aromatic N) is 6. The number of anilines is 1. The zero-order valence-corrected chi connectivity index (χ0v) is 18.9. The fourth-order valence-electron chi connectivity index (χ4n) is 4.05. The Hall–Kier alpha value is -3.85. The van der Waals surface area contributed by atoms with E-state index in [1.165, 1.54) is 0 Å². The first kappa shape index (κ1) is 21.0. The second kappa shape index (κ2) is 8.59. The van der Waals surface area contributed by atoms with Crippen LogP contribution in [-0.2, 0) is 0 Å². The Bertz CT molecular complexity index is 1280. The molecule has 33 heavy (non-hydrogen) atoms. The standard InChI is InChI=1S/C24H26N6O3/c1-28-8-10-29(11-9-28)22-7-4-17(14-25-22)30-15-20-18(24(30)31)5-6-19(27-20)16-12-21(32-2)23(33-3)26-13-16/h4-7,12-15,31H,8-11H2,1-3H3. The molecule has 170 valence electrons. The summed E-state index contributed by atoms with van der Waals surface area (Å²) in [5, 5.41) is 11.5. The third-order valence-corrected chi connectivity index (χ3v) is 6.01. The maximum atomic E-state index is 10.8. The summed E-state index contributed by atoms with van der Waals surface area (Å²) < 4.78 is 12.3. The third kappa shape index (κ3) is 3.91. The van der Waals surface area contributed by atoms with Crippen molar-refractivity contribution >= 4 is 16.7 Å². The Morgan fingerprint density at radius 3 is 2.45 bits per heavy atom. The molecule has 9 nitrogen and oxygen atoms in total. The Labute approximate surface area is 191 Å². The monoisotopic (exact) mass is 446 g/mol. The maximum Gasteiger partial charge on any atom is 0.256 e. The van der Waals surface area contributed by atoms with Crippen LogP contribution in [0.1, 0.15) is 0 Å². The van der Waals surface area contributed by atoms with E-state index < -0.39 is 0 Å². The minimum Gasteiger partial charge on any atom is -0.494 e. The van der Waals surface area contributed by atoms with Gasteiger partial charge >= 0.3 is 0 Å². The van der Waals surface area contributed by atoms with Crippen molar-refractivity contribution in [3.05, 3.63) is 48.9 Å². The fraction of sp³-hybridized carbons (Fsp3) is 0.292. The van der Waals surface area contributed by atoms with Gasteiger partial charge < -0.3 is 24.4 Å². The summed E-state index contributed by atoms with van der Waals surface area (Å²) in [6.07, 6.45) is 5.29. The van der Waals surface area contributed by atoms with Crippen molar-refractivity contribution in [2.75, 3.05) is 52.3 Å². The molecular weight excluding hydrogens is 420 g/mol. The molecule has 1 saturated heterocycles. The largest absolute Gasteiger partial charge is 0.494 e. The highest BCUT2D eigenvalue weighted by molar-refractivity contribution is 5.87. The zero-order chi connectivity index (χ0) is 22.9. The van der Waals surface area contributed by atoms with Gasteiger partial charge in [-0.15, -0.1) is 0 Å². The van der Waals surface area contributed by atoms with Gasteiger partial charge in [0, 0.05) is 44.1 Å². The van der Waals surface area contributed by atoms with Gasteiger partial charge in [0.25, 0.3) is 5.88 Å². The molecule has 0 aromatic carbocycles. The van der Waals surface area contributed by atoms with Gasteiger partial charge in [0.2, 0.25) is 5.88 Å². The van der Waals surface area contributed by atoms with Crippen LogP contribution in [0.15, 0.2) is 48.9 Å². The second-order valence-electron chi connectivity index (χ2n) is 8.05. The van der Waals surface area contributed by atoms with Crippen molar-refractivity contribution in [1.82, 2.24) is 24.4 Å². The summed E-state index contributed by atoms with van der Waals surface area (Å²) in [6.45, 7) is 3.96. The van der Waals surface area contributed by atoms with Crippen molar-refractivity contribution in [3.63, 3.8) is 0 Å². The molecule has 1 aliphatic rings. The number of fused-ring (bicyclic) bond motifs is 1. The molecule has 4 aromatic rings. The number of ether oxygens (including phenoxy) is 2. The topological polar surface area (TPSA) is 88.8 Å². The zero-order valence-electron chi connectivity index (χ0n) is 18.9. The molecule has 0 saturated carbocycles. The predicted octanol–water partition coefficient (Wildman–Crippen LogP) is 2.96. The molecule has 0 aliphatic carbocycles. The van der Waals surface area contributed by atoms with E-state index in [4.69, 9.17) is 14.5 Å². The van der Waals surface area contributed by atoms with Gasteiger partial charge in [-0.2, -0.15) is 0 Å². The number of pyridine rings is 3. The minimum atomic E-state index is 0.128. The molecule has 0 unspecified atom stereocenters. The van der Waals surface area contributed by atoms with Crippen LogP contribution in [0.4, 0.5) is 5.82 Å². The second-order valence-corrected chi connectivity index (χ2v) is 8.05. The Balaban J connectivity index is 1.45. The van der Waals surface area contributed by atoms with Crippen molar-refractivity contribution in [2.24, 2.45) is 0 Å². The van der Waals surface area contributed by atoms with Crippen LogP contribution in [-0.4, -0.2) is 77.0 Å². The van der Waals surface area contributed by atoms with E-state index in [0.29, 0.717) is 22.5 Å². The number of aromatic hydroxyl groups is 1. The summed E-state index contributed by atoms with van der Waals surface area (Å²) >= 11 is 0. The SMILES string of the molecule is COc1cc(-c2ccc3c(O)n(-c4ccc(N5CCN(C)CC5)nc4)cc3n2)cnc1OC. The summed E-state index contributed by atoms with van der Waals surface area (Å²) in [4.78, 5) is 18.2. The number of aromatic nitrogens is 4. The van der Waals surface area contributed by atoms with Crippen LogP contribution in [0.3, 0.4) is 0 Å². The highest BCUT2D eigenvalue weighted by Crippen LogP contribution is 2.33. The first-order valence-corrected chi connectivity index (χ1v) is 10.8. The summed E-state index contributed by atoms with van der Waals surface area (Å²) in [5.74, 6) is 2.02. The molecule has 4 aromatic heterocycles. The van der Waals surface area contributed by atoms with Crippen LogP contribution >= 0.6 is 0 Å². The molecule has 1 fully saturated rings. The number of methoxy groups -OCH3 is 2. The van der Waals surface area contributed by atoms with Gasteiger partial charge in [0.15, 0.2) is 5.75 Å². The summed E-state index contributed by atoms with van der Waals surface area (Å²) in [5.41, 5.74) is 2.96. The lowest BCUT2D eigenvalue weighted by molar-refractivity contribution is 0.312. The predicted molar refractivity (Wildman–Crippen MR) is 127 cm³/mol. The third-order valence-electron chi connectivity index (χ3n) is 6.01. The molecule has 0 amide bonds. The lowest BCUT2D eigenvalue weighted by Gasteiger charge is -2.33. The van der Waals surface area contributed by atoms with E-state index in [0.717, 1.165) is 48.9 Å². The van der Waals surface area contributed by atoms with Gasteiger partial charge in [0.1, 0.15) is 5.82 Å². The number of hydrogen-bond donors (Lipinski definition) is 1. The van der Waals surface area contributed by atoms with Gasteiger partial charge in [-0.05, 0) is 37.4 Å². The maximum absolute atomic E-state index is 10.8. The highest BCUT2D eigenvalue weighted by atomic mass is 16.5. The number of piperazine rings is 1. The van der Waals surface area contributed by atoms with E-state index in [9.17, 15) is 5.11 Å². The number of hydrogen-bond acceptors (Lipinski definition) is 8. The summed E-state index contributed by atoms with van der Waals surface area (Å²) in [6, 6.07) is 9.51. The number of rotatable bonds is 5. The molecule has 0 radical (unpaired) electrons. The molecule has 1 N–H and O–H groups in total. The van der Waals surface area contributed by atoms with Gasteiger partial charge in [0.05, 0.1) is 42.7 Å². The van der Waals surface area contributed by atoms with E-state index in [1.54, 1.807) is 31.2 Å². The van der Waals surface area contributed by atoms with Crippen LogP contribution < -0.4 is 14.4 Å². The molecular formula is C24H26N6O3. The lowest BCUT2D eigenvalue weighted by Crippen LogP contribution is -2.44. The van der Waals surface area contributed by atoms with Gasteiger partial charge in [-0.25, -0.2) is 15.0 Å². The van der Waals surface area contributed by atoms with E-state index in [2.05, 4.69) is 26.8 Å². The van der Waals surface area contributed by atoms with E-state index >= 15 is 0 Å². The van der Waals surface area contributed by atoms with E-state index in [-0.39, 0.29) is 5.88 Å². The smallest absolute Gasteiger partial charge is 0.256 e. The van der Waals surface area contributed by atoms with E-state index in [1.807, 2.05) is 36.5 Å². The average molecular weight is 447 g/mol. The molecule has 0 bridgehead atoms. The normalized spacial score (nSPS) is 14.6. The average Bonchev–Trinajstić information content (AvgIpc) is 3.19. The molecule has 0 spiro atoms. The van der Waals surface area contributed by atoms with Crippen molar-refractivity contribution in [2.45, 2.75) is 0 Å². The Kier molecular flexibility index (Phi) is 5.47. The first-order chi connectivity index (χ1) is 16.1. The quantitative estimate of drug-likeness (QED) is 0.501. The molecule has 5 heterocycles. The fourth-order valence-corrected chi connectivity index (χ4v) is 4.05. The molecule has 0 atom stereocenters. The van der Waals surface area contributed by atoms with Crippen LogP contribution in [0.25, 0.3) is 27.8 Å². The van der Waals surface area contributed by atoms with Gasteiger partial charge in [-0.1, -0.05) is 0 Å². The number of likely N-dealkylation sites (N-methyl/N-ethyl adjacent to an activating group) is 1. The molecule has 9 heteroatoms. The van der Waals surface area contributed by atoms with Crippen LogP contribution in [0.5, 0.6) is 17.5 Å². The lowest BCUT2D eigenvalue weighted by atomic mass is 10.1. The highest BCUT2D eigenvalue weighted by Gasteiger charge is 2.17. The Morgan fingerprint density at radius 2 is 1.76 bits per heavy atom. The first-order valence-electron chi connectivity index (χ1n) is 10.8. The van der Waals surface area contributed by atoms with Crippen LogP contribution in [0.2, 0.25) is 0 Å². The molecule has 1 aliphatic heterocycles. The summed E-state index contributed by atoms with van der Waals surface area (Å²) in [7, 11) is 5.25. The van der Waals surface area contributed by atoms with Crippen LogP contribution in [0, 0.1) is 0 Å². The van der Waals surface area contributed by atoms with Gasteiger partial charge in [-0.3, -0.25) is 4.57 Å². The molecule has 5 rings (SSSR count). The van der Waals surface area contributed by atoms with Crippen molar-refractivity contribution < 1.29 is 14.6 Å². The Morgan fingerprint density at radius 1 is 0.939 bits per heavy atom. The van der Waals surface area contributed by atoms with Crippen molar-refractivity contribution in [3.8, 4) is 34.5 Å².